The minimum absolute atomic E-state index is 0.166. The number of carbonyl (C=O) groups excluding carboxylic acids is 2. The lowest BCUT2D eigenvalue weighted by atomic mass is 10.1. The van der Waals surface area contributed by atoms with Crippen LogP contribution in [-0.4, -0.2) is 26.6 Å². The lowest BCUT2D eigenvalue weighted by Crippen LogP contribution is -2.23. The minimum atomic E-state index is -0.540. The normalized spacial score (nSPS) is 10.8. The molecule has 0 saturated heterocycles. The van der Waals surface area contributed by atoms with Crippen LogP contribution in [0, 0.1) is 6.92 Å². The van der Waals surface area contributed by atoms with E-state index in [1.54, 1.807) is 35.3 Å². The lowest BCUT2D eigenvalue weighted by Gasteiger charge is -2.14. The second-order valence-electron chi connectivity index (χ2n) is 8.25. The van der Waals surface area contributed by atoms with Crippen LogP contribution in [-0.2, 0) is 6.54 Å². The fourth-order valence-electron chi connectivity index (χ4n) is 3.90. The Kier molecular flexibility index (Phi) is 6.15. The topological polar surface area (TPSA) is 112 Å². The number of amides is 2. The van der Waals surface area contributed by atoms with Gasteiger partial charge in [-0.05, 0) is 48.9 Å². The molecule has 0 aliphatic rings. The average molecular weight is 478 g/mol. The number of nitrogens with zero attached hydrogens (tertiary/aromatic N) is 3. The van der Waals surface area contributed by atoms with E-state index in [1.807, 2.05) is 61.5 Å². The van der Waals surface area contributed by atoms with Crippen molar-refractivity contribution in [3.05, 3.63) is 114 Å². The summed E-state index contributed by atoms with van der Waals surface area (Å²) in [6.45, 7) is 2.31. The van der Waals surface area contributed by atoms with Gasteiger partial charge in [-0.2, -0.15) is 5.10 Å². The largest absolute Gasteiger partial charge is 0.456 e. The fourth-order valence-corrected chi connectivity index (χ4v) is 3.90. The number of hydrogen-bond acceptors (Lipinski definition) is 5. The Morgan fingerprint density at radius 3 is 2.61 bits per heavy atom. The van der Waals surface area contributed by atoms with Crippen LogP contribution < -0.4 is 15.8 Å². The monoisotopic (exact) mass is 477 g/mol. The highest BCUT2D eigenvalue weighted by Crippen LogP contribution is 2.32. The molecule has 3 N–H and O–H groups in total. The first-order valence-corrected chi connectivity index (χ1v) is 11.3. The second-order valence-corrected chi connectivity index (χ2v) is 8.25. The molecule has 5 rings (SSSR count). The van der Waals surface area contributed by atoms with Gasteiger partial charge in [-0.15, -0.1) is 0 Å². The number of nitrogens with one attached hydrogen (secondary N) is 1. The van der Waals surface area contributed by atoms with Gasteiger partial charge in [-0.25, -0.2) is 4.68 Å². The lowest BCUT2D eigenvalue weighted by molar-refractivity contribution is 0.0948. The molecule has 0 aliphatic heterocycles. The Hall–Kier alpha value is -4.98. The first-order chi connectivity index (χ1) is 17.5. The molecule has 8 nitrogen and oxygen atoms in total. The number of benzene rings is 3. The summed E-state index contributed by atoms with van der Waals surface area (Å²) in [6, 6.07) is 22.5. The standard InChI is InChI=1S/C28H23N5O3/c1-18-22(28(35)31-15-19-6-3-2-4-7-19)8-5-9-25(18)36-26-12-13-30-24-14-21(10-11-23(24)26)33-17-20(16-32-33)27(29)34/h2-14,16-17H,15H2,1H3,(H2,29,34)(H,31,35). The number of aromatic nitrogens is 3. The number of carbonyl (C=O) groups is 2. The maximum atomic E-state index is 12.9. The van der Waals surface area contributed by atoms with Crippen LogP contribution in [0.25, 0.3) is 16.6 Å². The number of nitrogens with two attached hydrogens (primary N) is 1. The summed E-state index contributed by atoms with van der Waals surface area (Å²) in [6.07, 6.45) is 4.65. The third-order valence-corrected chi connectivity index (χ3v) is 5.86. The molecule has 0 aliphatic carbocycles. The number of ether oxygens (including phenoxy) is 1. The molecule has 2 heterocycles. The third kappa shape index (κ3) is 4.65. The van der Waals surface area contributed by atoms with Crippen molar-refractivity contribution in [2.75, 3.05) is 0 Å². The predicted molar refractivity (Wildman–Crippen MR) is 136 cm³/mol. The summed E-state index contributed by atoms with van der Waals surface area (Å²) < 4.78 is 7.82. The first kappa shape index (κ1) is 22.8. The van der Waals surface area contributed by atoms with E-state index in [0.29, 0.717) is 34.7 Å². The number of hydrogen-bond donors (Lipinski definition) is 2. The van der Waals surface area contributed by atoms with E-state index in [9.17, 15) is 9.59 Å². The molecule has 0 atom stereocenters. The van der Waals surface area contributed by atoms with Crippen LogP contribution >= 0.6 is 0 Å². The Labute approximate surface area is 207 Å². The molecule has 36 heavy (non-hydrogen) atoms. The van der Waals surface area contributed by atoms with Gasteiger partial charge in [0.05, 0.1) is 23.0 Å². The number of primary amides is 1. The average Bonchev–Trinajstić information content (AvgIpc) is 3.40. The van der Waals surface area contributed by atoms with Gasteiger partial charge in [0.2, 0.25) is 0 Å². The highest BCUT2D eigenvalue weighted by atomic mass is 16.5. The van der Waals surface area contributed by atoms with E-state index in [4.69, 9.17) is 10.5 Å². The molecule has 3 aromatic carbocycles. The highest BCUT2D eigenvalue weighted by molar-refractivity contribution is 5.96. The van der Waals surface area contributed by atoms with Crippen molar-refractivity contribution in [2.45, 2.75) is 13.5 Å². The molecular weight excluding hydrogens is 454 g/mol. The Morgan fingerprint density at radius 1 is 1.00 bits per heavy atom. The van der Waals surface area contributed by atoms with Crippen molar-refractivity contribution in [1.82, 2.24) is 20.1 Å². The minimum Gasteiger partial charge on any atom is -0.456 e. The molecule has 8 heteroatoms. The molecule has 0 bridgehead atoms. The van der Waals surface area contributed by atoms with Crippen molar-refractivity contribution >= 4 is 22.7 Å². The molecule has 0 saturated carbocycles. The maximum Gasteiger partial charge on any atom is 0.251 e. The number of pyridine rings is 1. The fraction of sp³-hybridized carbons (Fsp3) is 0.0714. The molecule has 178 valence electrons. The Morgan fingerprint density at radius 2 is 1.83 bits per heavy atom. The Bertz CT molecular complexity index is 1580. The zero-order valence-electron chi connectivity index (χ0n) is 19.5. The SMILES string of the molecule is Cc1c(Oc2ccnc3cc(-n4cc(C(N)=O)cn4)ccc23)cccc1C(=O)NCc1ccccc1. The molecule has 0 radical (unpaired) electrons. The van der Waals surface area contributed by atoms with E-state index < -0.39 is 5.91 Å². The maximum absolute atomic E-state index is 12.9. The van der Waals surface area contributed by atoms with E-state index in [0.717, 1.165) is 22.2 Å². The third-order valence-electron chi connectivity index (χ3n) is 5.86. The van der Waals surface area contributed by atoms with Crippen LogP contribution in [0.3, 0.4) is 0 Å². The van der Waals surface area contributed by atoms with Gasteiger partial charge in [0.1, 0.15) is 11.5 Å². The zero-order valence-corrected chi connectivity index (χ0v) is 19.5. The highest BCUT2D eigenvalue weighted by Gasteiger charge is 2.15. The Balaban J connectivity index is 1.39. The van der Waals surface area contributed by atoms with Crippen molar-refractivity contribution < 1.29 is 14.3 Å². The summed E-state index contributed by atoms with van der Waals surface area (Å²) in [4.78, 5) is 28.7. The van der Waals surface area contributed by atoms with E-state index in [1.165, 1.54) is 6.20 Å². The van der Waals surface area contributed by atoms with Gasteiger partial charge in [-0.1, -0.05) is 36.4 Å². The van der Waals surface area contributed by atoms with Crippen LogP contribution in [0.15, 0.2) is 91.4 Å². The van der Waals surface area contributed by atoms with Crippen molar-refractivity contribution in [2.24, 2.45) is 5.73 Å². The van der Waals surface area contributed by atoms with E-state index >= 15 is 0 Å². The second kappa shape index (κ2) is 9.71. The van der Waals surface area contributed by atoms with Gasteiger partial charge in [0.25, 0.3) is 11.8 Å². The molecule has 2 amide bonds. The summed E-state index contributed by atoms with van der Waals surface area (Å²) in [5, 5.41) is 7.95. The summed E-state index contributed by atoms with van der Waals surface area (Å²) in [5.41, 5.74) is 9.38. The smallest absolute Gasteiger partial charge is 0.251 e. The molecule has 0 unspecified atom stereocenters. The van der Waals surface area contributed by atoms with Gasteiger partial charge in [0, 0.05) is 35.5 Å². The summed E-state index contributed by atoms with van der Waals surface area (Å²) in [7, 11) is 0. The van der Waals surface area contributed by atoms with Crippen LogP contribution in [0.1, 0.15) is 31.8 Å². The van der Waals surface area contributed by atoms with Crippen molar-refractivity contribution in [3.63, 3.8) is 0 Å². The molecular formula is C28H23N5O3. The molecule has 0 spiro atoms. The number of fused-ring (bicyclic) bond motifs is 1. The first-order valence-electron chi connectivity index (χ1n) is 11.3. The quantitative estimate of drug-likeness (QED) is 0.357. The zero-order chi connectivity index (χ0) is 25.1. The summed E-state index contributed by atoms with van der Waals surface area (Å²) in [5.74, 6) is 0.481. The van der Waals surface area contributed by atoms with Crippen molar-refractivity contribution in [3.8, 4) is 17.2 Å². The van der Waals surface area contributed by atoms with Crippen LogP contribution in [0.2, 0.25) is 0 Å². The van der Waals surface area contributed by atoms with Gasteiger partial charge >= 0.3 is 0 Å². The predicted octanol–water partition coefficient (Wildman–Crippen LogP) is 4.55. The van der Waals surface area contributed by atoms with E-state index in [2.05, 4.69) is 15.4 Å². The van der Waals surface area contributed by atoms with E-state index in [-0.39, 0.29) is 5.91 Å². The number of rotatable bonds is 7. The van der Waals surface area contributed by atoms with Crippen LogP contribution in [0.5, 0.6) is 11.5 Å². The molecule has 2 aromatic heterocycles. The van der Waals surface area contributed by atoms with Crippen molar-refractivity contribution in [1.29, 1.82) is 0 Å². The summed E-state index contributed by atoms with van der Waals surface area (Å²) >= 11 is 0. The van der Waals surface area contributed by atoms with Crippen LogP contribution in [0.4, 0.5) is 0 Å². The molecule has 5 aromatic rings. The molecule has 0 fully saturated rings. The van der Waals surface area contributed by atoms with Gasteiger partial charge < -0.3 is 15.8 Å². The van der Waals surface area contributed by atoms with Gasteiger partial charge in [-0.3, -0.25) is 14.6 Å². The van der Waals surface area contributed by atoms with Gasteiger partial charge in [0.15, 0.2) is 0 Å².